The molecular formula is C17H29IN4OS. The van der Waals surface area contributed by atoms with Gasteiger partial charge in [-0.1, -0.05) is 18.2 Å². The first kappa shape index (κ1) is 21.4. The monoisotopic (exact) mass is 464 g/mol. The maximum Gasteiger partial charge on any atom is 0.191 e. The molecule has 1 saturated heterocycles. The molecule has 2 N–H and O–H groups in total. The second-order valence-corrected chi connectivity index (χ2v) is 6.33. The topological polar surface area (TPSA) is 48.9 Å². The number of benzene rings is 1. The summed E-state index contributed by atoms with van der Waals surface area (Å²) in [4.78, 5) is 7.13. The number of nitrogens with one attached hydrogen (secondary N) is 2. The highest BCUT2D eigenvalue weighted by Crippen LogP contribution is 2.22. The van der Waals surface area contributed by atoms with E-state index in [0.29, 0.717) is 6.54 Å². The molecule has 0 aromatic heterocycles. The van der Waals surface area contributed by atoms with Crippen molar-refractivity contribution in [1.82, 2.24) is 10.6 Å². The van der Waals surface area contributed by atoms with Crippen LogP contribution in [-0.4, -0.2) is 57.4 Å². The Kier molecular flexibility index (Phi) is 11.3. The molecule has 136 valence electrons. The van der Waals surface area contributed by atoms with Crippen LogP contribution in [0, 0.1) is 0 Å². The molecule has 0 atom stereocenters. The average Bonchev–Trinajstić information content (AvgIpc) is 2.61. The molecule has 1 heterocycles. The number of hydrogen-bond donors (Lipinski definition) is 2. The Morgan fingerprint density at radius 2 is 2.00 bits per heavy atom. The minimum atomic E-state index is 0. The normalized spacial score (nSPS) is 14.9. The first-order valence-electron chi connectivity index (χ1n) is 8.27. The Morgan fingerprint density at radius 3 is 2.71 bits per heavy atom. The van der Waals surface area contributed by atoms with Gasteiger partial charge < -0.3 is 20.3 Å². The summed E-state index contributed by atoms with van der Waals surface area (Å²) in [6.07, 6.45) is 2.12. The zero-order valence-corrected chi connectivity index (χ0v) is 17.7. The van der Waals surface area contributed by atoms with Crippen LogP contribution in [-0.2, 0) is 11.3 Å². The van der Waals surface area contributed by atoms with E-state index in [-0.39, 0.29) is 24.0 Å². The minimum absolute atomic E-state index is 0. The van der Waals surface area contributed by atoms with E-state index in [9.17, 15) is 0 Å². The number of guanidine groups is 1. The van der Waals surface area contributed by atoms with E-state index >= 15 is 0 Å². The van der Waals surface area contributed by atoms with E-state index in [1.165, 1.54) is 11.3 Å². The summed E-state index contributed by atoms with van der Waals surface area (Å²) >= 11 is 1.83. The molecule has 5 nitrogen and oxygen atoms in total. The van der Waals surface area contributed by atoms with E-state index in [4.69, 9.17) is 9.73 Å². The van der Waals surface area contributed by atoms with Crippen molar-refractivity contribution in [3.63, 3.8) is 0 Å². The van der Waals surface area contributed by atoms with Crippen LogP contribution in [0.4, 0.5) is 5.69 Å². The predicted octanol–water partition coefficient (Wildman–Crippen LogP) is 2.56. The Labute approximate surface area is 167 Å². The SMILES string of the molecule is CCNC(=NCc1ccccc1N1CCOCC1)NCCSC.I. The van der Waals surface area contributed by atoms with Gasteiger partial charge in [0.2, 0.25) is 0 Å². The third-order valence-electron chi connectivity index (χ3n) is 3.69. The molecule has 2 rings (SSSR count). The highest BCUT2D eigenvalue weighted by atomic mass is 127. The maximum atomic E-state index is 5.45. The number of thioether (sulfide) groups is 1. The highest BCUT2D eigenvalue weighted by Gasteiger charge is 2.14. The summed E-state index contributed by atoms with van der Waals surface area (Å²) in [6, 6.07) is 8.53. The van der Waals surface area contributed by atoms with Gasteiger partial charge in [0.1, 0.15) is 0 Å². The second kappa shape index (κ2) is 12.7. The predicted molar refractivity (Wildman–Crippen MR) is 116 cm³/mol. The van der Waals surface area contributed by atoms with Crippen LogP contribution in [0.3, 0.4) is 0 Å². The van der Waals surface area contributed by atoms with Crippen LogP contribution < -0.4 is 15.5 Å². The largest absolute Gasteiger partial charge is 0.378 e. The van der Waals surface area contributed by atoms with E-state index < -0.39 is 0 Å². The molecule has 0 aliphatic carbocycles. The van der Waals surface area contributed by atoms with Gasteiger partial charge in [0.05, 0.1) is 19.8 Å². The van der Waals surface area contributed by atoms with E-state index in [1.54, 1.807) is 0 Å². The number of hydrogen-bond acceptors (Lipinski definition) is 4. The minimum Gasteiger partial charge on any atom is -0.378 e. The number of ether oxygens (including phenoxy) is 1. The fraction of sp³-hybridized carbons (Fsp3) is 0.588. The van der Waals surface area contributed by atoms with Crippen LogP contribution in [0.1, 0.15) is 12.5 Å². The second-order valence-electron chi connectivity index (χ2n) is 5.34. The van der Waals surface area contributed by atoms with Crippen molar-refractivity contribution in [2.24, 2.45) is 4.99 Å². The summed E-state index contributed by atoms with van der Waals surface area (Å²) in [7, 11) is 0. The molecule has 0 unspecified atom stereocenters. The number of nitrogens with zero attached hydrogens (tertiary/aromatic N) is 2. The average molecular weight is 464 g/mol. The molecule has 7 heteroatoms. The van der Waals surface area contributed by atoms with Crippen LogP contribution in [0.15, 0.2) is 29.3 Å². The Morgan fingerprint density at radius 1 is 1.25 bits per heavy atom. The molecule has 24 heavy (non-hydrogen) atoms. The van der Waals surface area contributed by atoms with Gasteiger partial charge in [-0.2, -0.15) is 11.8 Å². The summed E-state index contributed by atoms with van der Waals surface area (Å²) in [5.74, 6) is 1.97. The summed E-state index contributed by atoms with van der Waals surface area (Å²) in [5.41, 5.74) is 2.54. The number of rotatable bonds is 7. The maximum absolute atomic E-state index is 5.45. The van der Waals surface area contributed by atoms with Gasteiger partial charge in [-0.15, -0.1) is 24.0 Å². The molecule has 1 aromatic rings. The van der Waals surface area contributed by atoms with Crippen LogP contribution >= 0.6 is 35.7 Å². The van der Waals surface area contributed by atoms with Crippen LogP contribution in [0.5, 0.6) is 0 Å². The molecule has 0 radical (unpaired) electrons. The van der Waals surface area contributed by atoms with Gasteiger partial charge in [-0.05, 0) is 24.8 Å². The number of aliphatic imine (C=N–C) groups is 1. The highest BCUT2D eigenvalue weighted by molar-refractivity contribution is 14.0. The fourth-order valence-electron chi connectivity index (χ4n) is 2.53. The van der Waals surface area contributed by atoms with Gasteiger partial charge in [-0.3, -0.25) is 0 Å². The lowest BCUT2D eigenvalue weighted by molar-refractivity contribution is 0.122. The third-order valence-corrected chi connectivity index (χ3v) is 4.31. The van der Waals surface area contributed by atoms with Crippen molar-refractivity contribution >= 4 is 47.4 Å². The zero-order valence-electron chi connectivity index (χ0n) is 14.6. The van der Waals surface area contributed by atoms with E-state index in [2.05, 4.69) is 53.0 Å². The quantitative estimate of drug-likeness (QED) is 0.281. The van der Waals surface area contributed by atoms with Gasteiger partial charge >= 0.3 is 0 Å². The van der Waals surface area contributed by atoms with E-state index in [0.717, 1.165) is 51.1 Å². The fourth-order valence-corrected chi connectivity index (χ4v) is 2.84. The van der Waals surface area contributed by atoms with Crippen molar-refractivity contribution in [3.8, 4) is 0 Å². The molecule has 1 aliphatic heterocycles. The van der Waals surface area contributed by atoms with Crippen molar-refractivity contribution in [2.45, 2.75) is 13.5 Å². The Hall–Kier alpha value is -0.670. The van der Waals surface area contributed by atoms with Crippen molar-refractivity contribution in [1.29, 1.82) is 0 Å². The van der Waals surface area contributed by atoms with Crippen molar-refractivity contribution < 1.29 is 4.74 Å². The first-order valence-corrected chi connectivity index (χ1v) is 9.66. The lowest BCUT2D eigenvalue weighted by atomic mass is 10.1. The first-order chi connectivity index (χ1) is 11.3. The van der Waals surface area contributed by atoms with Gasteiger partial charge in [0, 0.05) is 37.6 Å². The lowest BCUT2D eigenvalue weighted by Crippen LogP contribution is -2.38. The molecular weight excluding hydrogens is 435 g/mol. The van der Waals surface area contributed by atoms with Gasteiger partial charge in [0.15, 0.2) is 5.96 Å². The summed E-state index contributed by atoms with van der Waals surface area (Å²) in [5, 5.41) is 6.68. The number of morpholine rings is 1. The standard InChI is InChI=1S/C17H28N4OS.HI/c1-3-18-17(19-8-13-23-2)20-14-15-6-4-5-7-16(15)21-9-11-22-12-10-21;/h4-7H,3,8-14H2,1-2H3,(H2,18,19,20);1H. The van der Waals surface area contributed by atoms with E-state index in [1.807, 2.05) is 11.8 Å². The molecule has 0 amide bonds. The molecule has 1 aliphatic rings. The van der Waals surface area contributed by atoms with Crippen LogP contribution in [0.2, 0.25) is 0 Å². The van der Waals surface area contributed by atoms with Crippen LogP contribution in [0.25, 0.3) is 0 Å². The van der Waals surface area contributed by atoms with Gasteiger partial charge in [-0.25, -0.2) is 4.99 Å². The number of anilines is 1. The van der Waals surface area contributed by atoms with Crippen molar-refractivity contribution in [2.75, 3.05) is 56.3 Å². The molecule has 0 saturated carbocycles. The number of para-hydroxylation sites is 1. The summed E-state index contributed by atoms with van der Waals surface area (Å²) in [6.45, 7) is 8.08. The van der Waals surface area contributed by atoms with Gasteiger partial charge in [0.25, 0.3) is 0 Å². The Balaban J connectivity index is 0.00000288. The Bertz CT molecular complexity index is 495. The molecule has 0 bridgehead atoms. The zero-order chi connectivity index (χ0) is 16.3. The molecule has 1 fully saturated rings. The molecule has 0 spiro atoms. The van der Waals surface area contributed by atoms with Crippen molar-refractivity contribution in [3.05, 3.63) is 29.8 Å². The smallest absolute Gasteiger partial charge is 0.191 e. The number of halogens is 1. The summed E-state index contributed by atoms with van der Waals surface area (Å²) < 4.78 is 5.45. The lowest BCUT2D eigenvalue weighted by Gasteiger charge is -2.30. The molecule has 1 aromatic carbocycles. The third kappa shape index (κ3) is 7.06.